The van der Waals surface area contributed by atoms with Crippen LogP contribution in [0.3, 0.4) is 0 Å². The van der Waals surface area contributed by atoms with Crippen LogP contribution in [0.4, 0.5) is 5.69 Å². The molecule has 1 N–H and O–H groups in total. The van der Waals surface area contributed by atoms with E-state index in [1.807, 2.05) is 36.4 Å². The quantitative estimate of drug-likeness (QED) is 0.349. The Kier molecular flexibility index (Phi) is 5.66. The first-order chi connectivity index (χ1) is 15.1. The number of allylic oxidation sites excluding steroid dienone is 2. The van der Waals surface area contributed by atoms with Crippen molar-refractivity contribution in [2.75, 3.05) is 6.61 Å². The maximum Gasteiger partial charge on any atom is 0.336 e. The molecular formula is C24H20N2O5. The lowest BCUT2D eigenvalue weighted by molar-refractivity contribution is -0.384. The maximum absolute atomic E-state index is 12.8. The van der Waals surface area contributed by atoms with E-state index in [9.17, 15) is 14.9 Å². The highest BCUT2D eigenvalue weighted by Crippen LogP contribution is 2.38. The molecule has 3 aromatic rings. The fourth-order valence-corrected chi connectivity index (χ4v) is 3.52. The third-order valence-corrected chi connectivity index (χ3v) is 4.97. The van der Waals surface area contributed by atoms with Gasteiger partial charge in [0.25, 0.3) is 5.69 Å². The van der Waals surface area contributed by atoms with Gasteiger partial charge in [-0.1, -0.05) is 30.3 Å². The van der Waals surface area contributed by atoms with Crippen molar-refractivity contribution in [2.45, 2.75) is 13.0 Å². The molecule has 0 bridgehead atoms. The monoisotopic (exact) mass is 416 g/mol. The SMILES string of the molecule is CCOC(=O)C1=CC(c2ccccc2)=C(c2ccco2)NC1c1ccc([N+](=O)[O-])cc1. The van der Waals surface area contributed by atoms with E-state index in [1.165, 1.54) is 12.1 Å². The number of nitrogens with one attached hydrogen (secondary N) is 1. The number of nitro groups is 1. The van der Waals surface area contributed by atoms with Gasteiger partial charge in [0, 0.05) is 17.7 Å². The molecule has 0 fully saturated rings. The molecule has 1 atom stereocenters. The van der Waals surface area contributed by atoms with E-state index in [0.29, 0.717) is 22.6 Å². The summed E-state index contributed by atoms with van der Waals surface area (Å²) in [6.45, 7) is 1.98. The van der Waals surface area contributed by atoms with Gasteiger partial charge in [0.1, 0.15) is 5.76 Å². The molecule has 1 aromatic heterocycles. The Hall–Kier alpha value is -4.13. The first kappa shape index (κ1) is 20.2. The number of rotatable bonds is 6. The number of nitrogens with zero attached hydrogens (tertiary/aromatic N) is 1. The molecule has 7 nitrogen and oxygen atoms in total. The van der Waals surface area contributed by atoms with Crippen LogP contribution in [0.5, 0.6) is 0 Å². The normalized spacial score (nSPS) is 15.8. The lowest BCUT2D eigenvalue weighted by atomic mass is 9.89. The van der Waals surface area contributed by atoms with Crippen LogP contribution in [0, 0.1) is 10.1 Å². The van der Waals surface area contributed by atoms with Gasteiger partial charge in [-0.25, -0.2) is 4.79 Å². The van der Waals surface area contributed by atoms with Gasteiger partial charge in [-0.15, -0.1) is 0 Å². The summed E-state index contributed by atoms with van der Waals surface area (Å²) in [4.78, 5) is 23.4. The molecule has 7 heteroatoms. The molecule has 2 aromatic carbocycles. The van der Waals surface area contributed by atoms with Crippen molar-refractivity contribution in [2.24, 2.45) is 0 Å². The molecule has 0 amide bonds. The number of dihydropyridines is 1. The predicted molar refractivity (Wildman–Crippen MR) is 116 cm³/mol. The molecule has 0 radical (unpaired) electrons. The van der Waals surface area contributed by atoms with E-state index < -0.39 is 16.9 Å². The van der Waals surface area contributed by atoms with Crippen LogP contribution >= 0.6 is 0 Å². The summed E-state index contributed by atoms with van der Waals surface area (Å²) in [5.74, 6) is 0.162. The highest BCUT2D eigenvalue weighted by atomic mass is 16.6. The van der Waals surface area contributed by atoms with Gasteiger partial charge in [-0.3, -0.25) is 10.1 Å². The van der Waals surface area contributed by atoms with Gasteiger partial charge >= 0.3 is 5.97 Å². The minimum absolute atomic E-state index is 0.0204. The van der Waals surface area contributed by atoms with Crippen molar-refractivity contribution < 1.29 is 18.9 Å². The van der Waals surface area contributed by atoms with Crippen LogP contribution in [0.1, 0.15) is 29.9 Å². The summed E-state index contributed by atoms with van der Waals surface area (Å²) in [5.41, 5.74) is 3.49. The van der Waals surface area contributed by atoms with E-state index in [2.05, 4.69) is 5.32 Å². The Labute approximate surface area is 178 Å². The molecule has 0 saturated carbocycles. The number of benzene rings is 2. The number of non-ortho nitro benzene ring substituents is 1. The number of furan rings is 1. The summed E-state index contributed by atoms with van der Waals surface area (Å²) in [6, 6.07) is 18.8. The molecule has 0 aliphatic carbocycles. The number of ether oxygens (including phenoxy) is 1. The maximum atomic E-state index is 12.8. The van der Waals surface area contributed by atoms with Crippen LogP contribution in [0.15, 0.2) is 89.1 Å². The van der Waals surface area contributed by atoms with E-state index in [-0.39, 0.29) is 12.3 Å². The van der Waals surface area contributed by atoms with E-state index >= 15 is 0 Å². The largest absolute Gasteiger partial charge is 0.463 e. The Morgan fingerprint density at radius 2 is 1.84 bits per heavy atom. The molecular weight excluding hydrogens is 396 g/mol. The molecule has 0 spiro atoms. The van der Waals surface area contributed by atoms with Crippen molar-refractivity contribution >= 4 is 22.9 Å². The van der Waals surface area contributed by atoms with Gasteiger partial charge in [-0.05, 0) is 48.4 Å². The van der Waals surface area contributed by atoms with Gasteiger partial charge in [-0.2, -0.15) is 0 Å². The second-order valence-corrected chi connectivity index (χ2v) is 6.88. The fourth-order valence-electron chi connectivity index (χ4n) is 3.52. The first-order valence-corrected chi connectivity index (χ1v) is 9.81. The van der Waals surface area contributed by atoms with Crippen LogP contribution in [0.2, 0.25) is 0 Å². The summed E-state index contributed by atoms with van der Waals surface area (Å²) < 4.78 is 11.0. The number of esters is 1. The van der Waals surface area contributed by atoms with Gasteiger partial charge in [0.05, 0.1) is 35.1 Å². The molecule has 2 heterocycles. The number of carbonyl (C=O) groups is 1. The van der Waals surface area contributed by atoms with Crippen LogP contribution in [-0.4, -0.2) is 17.5 Å². The topological polar surface area (TPSA) is 94.6 Å². The van der Waals surface area contributed by atoms with Gasteiger partial charge in [0.15, 0.2) is 0 Å². The Morgan fingerprint density at radius 1 is 1.10 bits per heavy atom. The average Bonchev–Trinajstić information content (AvgIpc) is 3.34. The average molecular weight is 416 g/mol. The summed E-state index contributed by atoms with van der Waals surface area (Å²) in [5, 5.41) is 14.4. The highest BCUT2D eigenvalue weighted by Gasteiger charge is 2.31. The molecule has 1 aliphatic rings. The Morgan fingerprint density at radius 3 is 2.45 bits per heavy atom. The molecule has 31 heavy (non-hydrogen) atoms. The van der Waals surface area contributed by atoms with Gasteiger partial charge < -0.3 is 14.5 Å². The molecule has 1 unspecified atom stereocenters. The van der Waals surface area contributed by atoms with Crippen molar-refractivity contribution in [1.29, 1.82) is 0 Å². The van der Waals surface area contributed by atoms with E-state index in [4.69, 9.17) is 9.15 Å². The van der Waals surface area contributed by atoms with E-state index in [0.717, 1.165) is 11.1 Å². The zero-order chi connectivity index (χ0) is 21.8. The number of hydrogen-bond acceptors (Lipinski definition) is 6. The van der Waals surface area contributed by atoms with Gasteiger partial charge in [0.2, 0.25) is 0 Å². The first-order valence-electron chi connectivity index (χ1n) is 9.81. The summed E-state index contributed by atoms with van der Waals surface area (Å²) >= 11 is 0. The van der Waals surface area contributed by atoms with Crippen LogP contribution < -0.4 is 5.32 Å². The summed E-state index contributed by atoms with van der Waals surface area (Å²) in [7, 11) is 0. The molecule has 0 saturated heterocycles. The number of hydrogen-bond donors (Lipinski definition) is 1. The Balaban J connectivity index is 1.86. The molecule has 4 rings (SSSR count). The Bertz CT molecular complexity index is 1150. The van der Waals surface area contributed by atoms with Crippen molar-refractivity contribution in [3.05, 3.63) is 112 Å². The molecule has 156 valence electrons. The third kappa shape index (κ3) is 4.11. The number of carbonyl (C=O) groups excluding carboxylic acids is 1. The molecule has 1 aliphatic heterocycles. The predicted octanol–water partition coefficient (Wildman–Crippen LogP) is 4.89. The van der Waals surface area contributed by atoms with E-state index in [1.54, 1.807) is 37.5 Å². The lowest BCUT2D eigenvalue weighted by Gasteiger charge is -2.29. The minimum atomic E-state index is -0.563. The van der Waals surface area contributed by atoms with Crippen molar-refractivity contribution in [3.63, 3.8) is 0 Å². The zero-order valence-corrected chi connectivity index (χ0v) is 16.8. The second kappa shape index (κ2) is 8.71. The smallest absolute Gasteiger partial charge is 0.336 e. The summed E-state index contributed by atoms with van der Waals surface area (Å²) in [6.07, 6.45) is 3.38. The second-order valence-electron chi connectivity index (χ2n) is 6.88. The number of nitro benzene ring substituents is 1. The van der Waals surface area contributed by atoms with Crippen molar-refractivity contribution in [3.8, 4) is 0 Å². The minimum Gasteiger partial charge on any atom is -0.463 e. The lowest BCUT2D eigenvalue weighted by Crippen LogP contribution is -2.30. The van der Waals surface area contributed by atoms with Crippen LogP contribution in [-0.2, 0) is 9.53 Å². The zero-order valence-electron chi connectivity index (χ0n) is 16.8. The third-order valence-electron chi connectivity index (χ3n) is 4.97. The fraction of sp³-hybridized carbons (Fsp3) is 0.125. The van der Waals surface area contributed by atoms with Crippen LogP contribution in [0.25, 0.3) is 11.3 Å². The highest BCUT2D eigenvalue weighted by molar-refractivity contribution is 6.02. The standard InChI is InChI=1S/C24H20N2O5/c1-2-30-24(27)20-15-19(16-7-4-3-5-8-16)23(21-9-6-14-31-21)25-22(20)17-10-12-18(13-11-17)26(28)29/h3-15,22,25H,2H2,1H3. The van der Waals surface area contributed by atoms with Crippen molar-refractivity contribution in [1.82, 2.24) is 5.32 Å².